The Morgan fingerprint density at radius 3 is 2.61 bits per heavy atom. The highest BCUT2D eigenvalue weighted by Crippen LogP contribution is 2.28. The molecule has 0 saturated carbocycles. The van der Waals surface area contributed by atoms with E-state index < -0.39 is 0 Å². The van der Waals surface area contributed by atoms with Crippen LogP contribution in [0.15, 0.2) is 84.1 Å². The number of phenolic OH excluding ortho intramolecular Hbond substituents is 1. The van der Waals surface area contributed by atoms with Crippen LogP contribution in [0, 0.1) is 0 Å². The molecular formula is C22H17N3O2S. The van der Waals surface area contributed by atoms with Gasteiger partial charge in [0.05, 0.1) is 11.1 Å². The maximum absolute atomic E-state index is 12.7. The summed E-state index contributed by atoms with van der Waals surface area (Å²) in [5.74, 6) is 0.598. The van der Waals surface area contributed by atoms with E-state index in [0.717, 1.165) is 16.5 Å². The Balaban J connectivity index is 1.54. The number of anilines is 1. The number of carbonyl (C=O) groups is 1. The first kappa shape index (κ1) is 18.0. The minimum Gasteiger partial charge on any atom is -0.508 e. The Morgan fingerprint density at radius 1 is 0.929 bits per heavy atom. The highest BCUT2D eigenvalue weighted by molar-refractivity contribution is 7.98. The number of nitrogens with zero attached hydrogens (tertiary/aromatic N) is 2. The molecule has 0 fully saturated rings. The zero-order chi connectivity index (χ0) is 19.3. The first-order valence-corrected chi connectivity index (χ1v) is 9.70. The number of nitrogens with one attached hydrogen (secondary N) is 1. The topological polar surface area (TPSA) is 75.1 Å². The maximum atomic E-state index is 12.7. The Morgan fingerprint density at radius 2 is 1.75 bits per heavy atom. The molecule has 4 rings (SSSR count). The van der Waals surface area contributed by atoms with Crippen LogP contribution in [0.5, 0.6) is 5.75 Å². The summed E-state index contributed by atoms with van der Waals surface area (Å²) in [6.45, 7) is 0. The second kappa shape index (κ2) is 8.10. The third-order valence-corrected chi connectivity index (χ3v) is 5.30. The third kappa shape index (κ3) is 3.97. The number of fused-ring (bicyclic) bond motifs is 1. The van der Waals surface area contributed by atoms with Gasteiger partial charge in [0.2, 0.25) is 0 Å². The average Bonchev–Trinajstić information content (AvgIpc) is 2.74. The molecule has 138 valence electrons. The van der Waals surface area contributed by atoms with Gasteiger partial charge in [0.25, 0.3) is 5.91 Å². The molecule has 0 saturated heterocycles. The molecule has 2 aromatic heterocycles. The van der Waals surface area contributed by atoms with Crippen LogP contribution in [-0.2, 0) is 5.75 Å². The van der Waals surface area contributed by atoms with Crippen molar-refractivity contribution >= 4 is 34.3 Å². The molecule has 0 aliphatic carbocycles. The van der Waals surface area contributed by atoms with Crippen molar-refractivity contribution in [3.8, 4) is 5.75 Å². The van der Waals surface area contributed by atoms with Gasteiger partial charge in [0.15, 0.2) is 0 Å². The molecule has 4 aromatic rings. The summed E-state index contributed by atoms with van der Waals surface area (Å²) in [6.07, 6.45) is 3.49. The summed E-state index contributed by atoms with van der Waals surface area (Å²) in [5.41, 5.74) is 3.22. The molecule has 0 spiro atoms. The fourth-order valence-electron chi connectivity index (χ4n) is 2.85. The first-order valence-electron chi connectivity index (χ1n) is 8.71. The SMILES string of the molecule is O=C(Nc1ccc(O)cc1)c1cccnc1SCc1ccnc2ccccc12. The van der Waals surface area contributed by atoms with Crippen molar-refractivity contribution in [2.45, 2.75) is 10.8 Å². The molecular weight excluding hydrogens is 370 g/mol. The normalized spacial score (nSPS) is 10.7. The quantitative estimate of drug-likeness (QED) is 0.377. The Bertz CT molecular complexity index is 1120. The lowest BCUT2D eigenvalue weighted by molar-refractivity contribution is 0.102. The molecule has 0 aliphatic heterocycles. The smallest absolute Gasteiger partial charge is 0.258 e. The number of amides is 1. The van der Waals surface area contributed by atoms with Crippen molar-refractivity contribution in [2.24, 2.45) is 0 Å². The van der Waals surface area contributed by atoms with E-state index in [4.69, 9.17) is 0 Å². The second-order valence-corrected chi connectivity index (χ2v) is 7.10. The maximum Gasteiger partial charge on any atom is 0.258 e. The lowest BCUT2D eigenvalue weighted by atomic mass is 10.1. The van der Waals surface area contributed by atoms with Crippen molar-refractivity contribution < 1.29 is 9.90 Å². The number of benzene rings is 2. The molecule has 2 N–H and O–H groups in total. The molecule has 28 heavy (non-hydrogen) atoms. The molecule has 5 nitrogen and oxygen atoms in total. The summed E-state index contributed by atoms with van der Waals surface area (Å²) in [7, 11) is 0. The summed E-state index contributed by atoms with van der Waals surface area (Å²) < 4.78 is 0. The number of pyridine rings is 2. The molecule has 1 amide bonds. The summed E-state index contributed by atoms with van der Waals surface area (Å²) >= 11 is 1.52. The molecule has 0 aliphatic rings. The second-order valence-electron chi connectivity index (χ2n) is 6.13. The van der Waals surface area contributed by atoms with E-state index in [2.05, 4.69) is 21.4 Å². The van der Waals surface area contributed by atoms with Gasteiger partial charge >= 0.3 is 0 Å². The van der Waals surface area contributed by atoms with E-state index >= 15 is 0 Å². The fraction of sp³-hybridized carbons (Fsp3) is 0.0455. The van der Waals surface area contributed by atoms with Crippen molar-refractivity contribution in [3.05, 3.63) is 90.3 Å². The van der Waals surface area contributed by atoms with Crippen LogP contribution in [-0.4, -0.2) is 21.0 Å². The van der Waals surface area contributed by atoms with E-state index in [1.54, 1.807) is 36.7 Å². The van der Waals surface area contributed by atoms with Crippen LogP contribution < -0.4 is 5.32 Å². The predicted molar refractivity (Wildman–Crippen MR) is 112 cm³/mol. The van der Waals surface area contributed by atoms with Gasteiger partial charge in [0, 0.05) is 29.2 Å². The van der Waals surface area contributed by atoms with Gasteiger partial charge in [-0.05, 0) is 54.1 Å². The number of rotatable bonds is 5. The Kier molecular flexibility index (Phi) is 5.21. The van der Waals surface area contributed by atoms with Crippen LogP contribution in [0.2, 0.25) is 0 Å². The summed E-state index contributed by atoms with van der Waals surface area (Å²) in [4.78, 5) is 21.5. The largest absolute Gasteiger partial charge is 0.508 e. The van der Waals surface area contributed by atoms with Gasteiger partial charge in [0.1, 0.15) is 10.8 Å². The molecule has 2 heterocycles. The minimum absolute atomic E-state index is 0.153. The Labute approximate surface area is 166 Å². The zero-order valence-corrected chi connectivity index (χ0v) is 15.7. The number of para-hydroxylation sites is 1. The molecule has 0 unspecified atom stereocenters. The number of aromatic hydroxyl groups is 1. The number of carbonyl (C=O) groups excluding carboxylic acids is 1. The molecule has 6 heteroatoms. The number of hydrogen-bond donors (Lipinski definition) is 2. The van der Waals surface area contributed by atoms with Crippen molar-refractivity contribution in [1.29, 1.82) is 0 Å². The van der Waals surface area contributed by atoms with E-state index in [1.807, 2.05) is 24.3 Å². The minimum atomic E-state index is -0.235. The van der Waals surface area contributed by atoms with Crippen LogP contribution in [0.3, 0.4) is 0 Å². The number of phenols is 1. The number of hydrogen-bond acceptors (Lipinski definition) is 5. The summed E-state index contributed by atoms with van der Waals surface area (Å²) in [5, 5.41) is 14.0. The monoisotopic (exact) mass is 387 g/mol. The Hall–Kier alpha value is -3.38. The predicted octanol–water partition coefficient (Wildman–Crippen LogP) is 4.88. The van der Waals surface area contributed by atoms with Gasteiger partial charge < -0.3 is 10.4 Å². The van der Waals surface area contributed by atoms with Gasteiger partial charge in [-0.1, -0.05) is 18.2 Å². The summed E-state index contributed by atoms with van der Waals surface area (Å²) in [6, 6.07) is 19.9. The molecule has 0 atom stereocenters. The standard InChI is InChI=1S/C22H17N3O2S/c26-17-9-7-16(8-10-17)25-21(27)19-5-3-12-24-22(19)28-14-15-11-13-23-20-6-2-1-4-18(15)20/h1-13,26H,14H2,(H,25,27). The van der Waals surface area contributed by atoms with E-state index in [-0.39, 0.29) is 11.7 Å². The van der Waals surface area contributed by atoms with Gasteiger partial charge in [-0.2, -0.15) is 0 Å². The van der Waals surface area contributed by atoms with Crippen molar-refractivity contribution in [1.82, 2.24) is 9.97 Å². The third-order valence-electron chi connectivity index (χ3n) is 4.24. The number of aromatic nitrogens is 2. The number of thioether (sulfide) groups is 1. The molecule has 0 bridgehead atoms. The molecule has 2 aromatic carbocycles. The first-order chi connectivity index (χ1) is 13.7. The fourth-order valence-corrected chi connectivity index (χ4v) is 3.84. The van der Waals surface area contributed by atoms with Crippen molar-refractivity contribution in [2.75, 3.05) is 5.32 Å². The lowest BCUT2D eigenvalue weighted by Gasteiger charge is -2.10. The highest BCUT2D eigenvalue weighted by Gasteiger charge is 2.14. The van der Waals surface area contributed by atoms with Crippen LogP contribution in [0.4, 0.5) is 5.69 Å². The van der Waals surface area contributed by atoms with Crippen LogP contribution in [0.25, 0.3) is 10.9 Å². The molecule has 0 radical (unpaired) electrons. The average molecular weight is 387 g/mol. The zero-order valence-electron chi connectivity index (χ0n) is 14.9. The van der Waals surface area contributed by atoms with E-state index in [9.17, 15) is 9.90 Å². The lowest BCUT2D eigenvalue weighted by Crippen LogP contribution is -2.13. The van der Waals surface area contributed by atoms with E-state index in [1.165, 1.54) is 23.9 Å². The van der Waals surface area contributed by atoms with Gasteiger partial charge in [-0.3, -0.25) is 9.78 Å². The highest BCUT2D eigenvalue weighted by atomic mass is 32.2. The van der Waals surface area contributed by atoms with Crippen LogP contribution in [0.1, 0.15) is 15.9 Å². The van der Waals surface area contributed by atoms with Crippen molar-refractivity contribution in [3.63, 3.8) is 0 Å². The van der Waals surface area contributed by atoms with E-state index in [0.29, 0.717) is 22.0 Å². The van der Waals surface area contributed by atoms with Gasteiger partial charge in [-0.25, -0.2) is 4.98 Å². The van der Waals surface area contributed by atoms with Gasteiger partial charge in [-0.15, -0.1) is 11.8 Å². The van der Waals surface area contributed by atoms with Crippen LogP contribution >= 0.6 is 11.8 Å².